The number of hydrogen-bond donors (Lipinski definition) is 0. The van der Waals surface area contributed by atoms with Gasteiger partial charge in [-0.2, -0.15) is 5.26 Å². The smallest absolute Gasteiger partial charge is 0.340 e. The molecule has 0 N–H and O–H groups in total. The Kier molecular flexibility index (Phi) is 16.2. The third kappa shape index (κ3) is 11.8. The predicted octanol–water partition coefficient (Wildman–Crippen LogP) is 10.1. The average molecular weight is 616 g/mol. The van der Waals surface area contributed by atoms with Gasteiger partial charge in [0.25, 0.3) is 0 Å². The molecule has 0 amide bonds. The van der Waals surface area contributed by atoms with Crippen molar-refractivity contribution in [3.63, 3.8) is 0 Å². The van der Waals surface area contributed by atoms with Crippen molar-refractivity contribution in [2.24, 2.45) is 0 Å². The summed E-state index contributed by atoms with van der Waals surface area (Å²) in [7, 11) is 0. The van der Waals surface area contributed by atoms with Crippen LogP contribution in [0.3, 0.4) is 0 Å². The molecule has 3 rings (SSSR count). The third-order valence-corrected chi connectivity index (χ3v) is 9.66. The van der Waals surface area contributed by atoms with Gasteiger partial charge >= 0.3 is 11.9 Å². The Bertz CT molecular complexity index is 1040. The number of esters is 2. The summed E-state index contributed by atoms with van der Waals surface area (Å²) >= 11 is 0. The van der Waals surface area contributed by atoms with Crippen LogP contribution in [0.25, 0.3) is 0 Å². The monoisotopic (exact) mass is 615 g/mol. The first-order valence-corrected chi connectivity index (χ1v) is 17.6. The predicted molar refractivity (Wildman–Crippen MR) is 170 cm³/mol. The Morgan fingerprint density at radius 3 is 1.64 bits per heavy atom. The number of nitriles is 1. The van der Waals surface area contributed by atoms with Crippen LogP contribution < -0.4 is 0 Å². The van der Waals surface area contributed by atoms with E-state index in [4.69, 9.17) is 9.47 Å². The van der Waals surface area contributed by atoms with E-state index < -0.39 is 24.3 Å². The summed E-state index contributed by atoms with van der Waals surface area (Å²) < 4.78 is 39.7. The van der Waals surface area contributed by atoms with Gasteiger partial charge in [0.1, 0.15) is 12.2 Å². The highest BCUT2D eigenvalue weighted by molar-refractivity contribution is 5.75. The summed E-state index contributed by atoms with van der Waals surface area (Å²) in [5, 5.41) is 9.97. The highest BCUT2D eigenvalue weighted by Crippen LogP contribution is 2.39. The molecule has 0 bridgehead atoms. The molecular formula is C37H55F2NO4. The van der Waals surface area contributed by atoms with Gasteiger partial charge in [0.2, 0.25) is 0 Å². The first kappa shape index (κ1) is 36.0. The fourth-order valence-electron chi connectivity index (χ4n) is 6.85. The summed E-state index contributed by atoms with van der Waals surface area (Å²) in [6, 6.07) is 8.58. The maximum absolute atomic E-state index is 14.3. The van der Waals surface area contributed by atoms with Crippen molar-refractivity contribution in [1.82, 2.24) is 0 Å². The van der Waals surface area contributed by atoms with Crippen LogP contribution in [0.1, 0.15) is 171 Å². The highest BCUT2D eigenvalue weighted by Gasteiger charge is 2.31. The molecule has 1 aromatic rings. The molecule has 0 heterocycles. The first-order valence-electron chi connectivity index (χ1n) is 17.6. The van der Waals surface area contributed by atoms with Crippen molar-refractivity contribution in [3.8, 4) is 6.07 Å². The lowest BCUT2D eigenvalue weighted by atomic mass is 9.78. The van der Waals surface area contributed by atoms with E-state index in [1.165, 1.54) is 0 Å². The topological polar surface area (TPSA) is 76.4 Å². The molecular weight excluding hydrogens is 560 g/mol. The van der Waals surface area contributed by atoms with E-state index >= 15 is 0 Å². The van der Waals surface area contributed by atoms with Crippen molar-refractivity contribution in [1.29, 1.82) is 5.26 Å². The average Bonchev–Trinajstić information content (AvgIpc) is 3.04. The van der Waals surface area contributed by atoms with Crippen LogP contribution in [-0.4, -0.2) is 36.5 Å². The van der Waals surface area contributed by atoms with E-state index in [2.05, 4.69) is 32.0 Å². The van der Waals surface area contributed by atoms with Gasteiger partial charge in [0.15, 0.2) is 12.3 Å². The number of carbonyl (C=O) groups excluding carboxylic acids is 2. The van der Waals surface area contributed by atoms with Gasteiger partial charge in [-0.05, 0) is 106 Å². The maximum Gasteiger partial charge on any atom is 0.340 e. The highest BCUT2D eigenvalue weighted by atomic mass is 19.1. The van der Waals surface area contributed by atoms with Gasteiger partial charge in [-0.25, -0.2) is 18.4 Å². The lowest BCUT2D eigenvalue weighted by Crippen LogP contribution is -2.29. The molecule has 246 valence electrons. The molecule has 0 saturated heterocycles. The number of unbranched alkanes of at least 4 members (excludes halogenated alkanes) is 8. The molecule has 0 radical (unpaired) electrons. The molecule has 7 heteroatoms. The summed E-state index contributed by atoms with van der Waals surface area (Å²) in [5.41, 5.74) is 2.84. The van der Waals surface area contributed by atoms with Crippen LogP contribution in [0, 0.1) is 11.3 Å². The Balaban J connectivity index is 1.41. The van der Waals surface area contributed by atoms with Crippen LogP contribution in [0.4, 0.5) is 8.78 Å². The minimum atomic E-state index is -1.54. The Morgan fingerprint density at radius 1 is 0.727 bits per heavy atom. The Labute approximate surface area is 264 Å². The van der Waals surface area contributed by atoms with Gasteiger partial charge in [-0.3, -0.25) is 0 Å². The second kappa shape index (κ2) is 19.8. The largest absolute Gasteiger partial charge is 0.460 e. The SMILES string of the molecule is CCCCCCCC(F)C(=O)OC1CCC(c2ccc(C3CCC(OC(=O)C(F)CCCCCCC)CC3)c(C#N)c2)CC1. The number of nitrogens with zero attached hydrogens (tertiary/aromatic N) is 1. The molecule has 2 atom stereocenters. The zero-order valence-corrected chi connectivity index (χ0v) is 27.2. The van der Waals surface area contributed by atoms with Gasteiger partial charge in [-0.1, -0.05) is 77.3 Å². The van der Waals surface area contributed by atoms with E-state index in [9.17, 15) is 23.6 Å². The van der Waals surface area contributed by atoms with E-state index in [0.717, 1.165) is 88.2 Å². The van der Waals surface area contributed by atoms with Gasteiger partial charge in [0.05, 0.1) is 11.6 Å². The number of hydrogen-bond acceptors (Lipinski definition) is 5. The number of ether oxygens (including phenoxy) is 2. The van der Waals surface area contributed by atoms with Crippen LogP contribution >= 0.6 is 0 Å². The number of rotatable bonds is 18. The van der Waals surface area contributed by atoms with Crippen molar-refractivity contribution < 1.29 is 27.8 Å². The molecule has 2 unspecified atom stereocenters. The van der Waals surface area contributed by atoms with Crippen LogP contribution in [0.2, 0.25) is 0 Å². The van der Waals surface area contributed by atoms with Crippen LogP contribution in [0.5, 0.6) is 0 Å². The minimum Gasteiger partial charge on any atom is -0.460 e. The van der Waals surface area contributed by atoms with E-state index in [-0.39, 0.29) is 36.9 Å². The number of alkyl halides is 2. The fraction of sp³-hybridized carbons (Fsp3) is 0.757. The van der Waals surface area contributed by atoms with Gasteiger partial charge < -0.3 is 9.47 Å². The Morgan fingerprint density at radius 2 is 1.18 bits per heavy atom. The molecule has 2 aliphatic rings. The number of carbonyl (C=O) groups is 2. The van der Waals surface area contributed by atoms with Crippen LogP contribution in [-0.2, 0) is 19.1 Å². The van der Waals surface area contributed by atoms with Gasteiger partial charge in [0, 0.05) is 0 Å². The van der Waals surface area contributed by atoms with Crippen molar-refractivity contribution in [2.75, 3.05) is 0 Å². The summed E-state index contributed by atoms with van der Waals surface area (Å²) in [5.74, 6) is -0.949. The second-order valence-corrected chi connectivity index (χ2v) is 13.1. The van der Waals surface area contributed by atoms with Crippen LogP contribution in [0.15, 0.2) is 18.2 Å². The van der Waals surface area contributed by atoms with Crippen molar-refractivity contribution in [2.45, 2.75) is 179 Å². The molecule has 1 aromatic carbocycles. The fourth-order valence-corrected chi connectivity index (χ4v) is 6.85. The molecule has 2 saturated carbocycles. The van der Waals surface area contributed by atoms with Crippen molar-refractivity contribution >= 4 is 11.9 Å². The zero-order valence-electron chi connectivity index (χ0n) is 27.2. The second-order valence-electron chi connectivity index (χ2n) is 13.1. The summed E-state index contributed by atoms with van der Waals surface area (Å²) in [6.07, 6.45) is 12.9. The normalized spacial score (nSPS) is 23.3. The molecule has 0 spiro atoms. The zero-order chi connectivity index (χ0) is 31.7. The Hall–Kier alpha value is -2.49. The van der Waals surface area contributed by atoms with E-state index in [1.54, 1.807) is 0 Å². The number of benzene rings is 1. The minimum absolute atomic E-state index is 0.212. The third-order valence-electron chi connectivity index (χ3n) is 9.66. The molecule has 44 heavy (non-hydrogen) atoms. The molecule has 2 fully saturated rings. The number of halogens is 2. The lowest BCUT2D eigenvalue weighted by Gasteiger charge is -2.31. The molecule has 2 aliphatic carbocycles. The van der Waals surface area contributed by atoms with Crippen molar-refractivity contribution in [3.05, 3.63) is 34.9 Å². The molecule has 0 aliphatic heterocycles. The van der Waals surface area contributed by atoms with E-state index in [0.29, 0.717) is 44.1 Å². The lowest BCUT2D eigenvalue weighted by molar-refractivity contribution is -0.157. The standard InChI is InChI=1S/C37H55F2NO4/c1-3-5-7-9-11-13-34(38)36(41)43-31-20-15-27(16-21-31)29-19-24-33(30(25-29)26-40)28-17-22-32(23-18-28)44-37(42)35(39)14-12-10-8-6-4-2/h19,24-25,27-28,31-32,34-35H,3-18,20-23H2,1-2H3. The van der Waals surface area contributed by atoms with Gasteiger partial charge in [-0.15, -0.1) is 0 Å². The van der Waals surface area contributed by atoms with E-state index in [1.807, 2.05) is 6.07 Å². The maximum atomic E-state index is 14.3. The quantitative estimate of drug-likeness (QED) is 0.121. The summed E-state index contributed by atoms with van der Waals surface area (Å²) in [6.45, 7) is 4.27. The first-order chi connectivity index (χ1) is 21.4. The molecule has 0 aromatic heterocycles. The molecule has 5 nitrogen and oxygen atoms in total. The summed E-state index contributed by atoms with van der Waals surface area (Å²) in [4.78, 5) is 24.5.